The second-order valence-electron chi connectivity index (χ2n) is 3.44. The van der Waals surface area contributed by atoms with Crippen LogP contribution in [0.3, 0.4) is 0 Å². The summed E-state index contributed by atoms with van der Waals surface area (Å²) in [7, 11) is 0. The highest BCUT2D eigenvalue weighted by atomic mass is 79.9. The van der Waals surface area contributed by atoms with Crippen molar-refractivity contribution in [2.75, 3.05) is 5.32 Å². The van der Waals surface area contributed by atoms with Gasteiger partial charge >= 0.3 is 0 Å². The molecular formula is C11H8BrCl2N3. The van der Waals surface area contributed by atoms with Crippen molar-refractivity contribution >= 4 is 50.6 Å². The Hall–Kier alpha value is -0.840. The van der Waals surface area contributed by atoms with Gasteiger partial charge in [0.15, 0.2) is 0 Å². The number of hydrogen-bond donors (Lipinski definition) is 1. The van der Waals surface area contributed by atoms with E-state index in [1.165, 1.54) is 0 Å². The average molecular weight is 333 g/mol. The lowest BCUT2D eigenvalue weighted by Crippen LogP contribution is -1.97. The minimum atomic E-state index is 0.180. The maximum atomic E-state index is 6.12. The molecule has 0 saturated heterocycles. The molecule has 0 saturated carbocycles. The summed E-state index contributed by atoms with van der Waals surface area (Å²) in [5.41, 5.74) is 1.87. The Labute approximate surface area is 117 Å². The Bertz CT molecular complexity index is 560. The van der Waals surface area contributed by atoms with E-state index < -0.39 is 0 Å². The number of benzene rings is 1. The Morgan fingerprint density at radius 2 is 2.06 bits per heavy atom. The summed E-state index contributed by atoms with van der Waals surface area (Å²) in [6.45, 7) is 1.98. The average Bonchev–Trinajstić information content (AvgIpc) is 2.27. The van der Waals surface area contributed by atoms with Gasteiger partial charge in [0.1, 0.15) is 5.82 Å². The fourth-order valence-electron chi connectivity index (χ4n) is 1.28. The molecule has 0 aliphatic carbocycles. The predicted octanol–water partition coefficient (Wildman–Crippen LogP) is 4.60. The van der Waals surface area contributed by atoms with Crippen molar-refractivity contribution < 1.29 is 0 Å². The van der Waals surface area contributed by atoms with Crippen LogP contribution in [0.25, 0.3) is 0 Å². The Kier molecular flexibility index (Phi) is 3.86. The molecule has 2 aromatic rings. The zero-order valence-corrected chi connectivity index (χ0v) is 11.9. The lowest BCUT2D eigenvalue weighted by Gasteiger charge is -2.09. The number of hydrogen-bond acceptors (Lipinski definition) is 3. The maximum absolute atomic E-state index is 6.12. The van der Waals surface area contributed by atoms with E-state index in [1.54, 1.807) is 6.20 Å². The zero-order valence-electron chi connectivity index (χ0n) is 8.84. The Morgan fingerprint density at radius 3 is 2.76 bits per heavy atom. The molecule has 0 atom stereocenters. The number of nitrogens with one attached hydrogen (secondary N) is 1. The number of aryl methyl sites for hydroxylation is 1. The number of nitrogens with zero attached hydrogens (tertiary/aromatic N) is 2. The molecular weight excluding hydrogens is 325 g/mol. The number of anilines is 2. The molecule has 1 N–H and O–H groups in total. The van der Waals surface area contributed by atoms with Gasteiger partial charge in [-0.2, -0.15) is 4.98 Å². The van der Waals surface area contributed by atoms with E-state index in [-0.39, 0.29) is 5.28 Å². The molecule has 17 heavy (non-hydrogen) atoms. The molecule has 3 nitrogen and oxygen atoms in total. The molecule has 1 aromatic carbocycles. The quantitative estimate of drug-likeness (QED) is 0.817. The predicted molar refractivity (Wildman–Crippen MR) is 74.2 cm³/mol. The summed E-state index contributed by atoms with van der Waals surface area (Å²) in [6.07, 6.45) is 1.58. The largest absolute Gasteiger partial charge is 0.338 e. The minimum Gasteiger partial charge on any atom is -0.338 e. The van der Waals surface area contributed by atoms with Crippen LogP contribution in [0.15, 0.2) is 28.9 Å². The number of aromatic nitrogens is 2. The topological polar surface area (TPSA) is 37.8 Å². The van der Waals surface area contributed by atoms with Gasteiger partial charge in [0, 0.05) is 6.20 Å². The summed E-state index contributed by atoms with van der Waals surface area (Å²) >= 11 is 15.2. The third kappa shape index (κ3) is 3.09. The molecule has 0 aliphatic rings. The SMILES string of the molecule is Cc1ccc(Nc2nc(Cl)ncc2Br)c(Cl)c1. The summed E-state index contributed by atoms with van der Waals surface area (Å²) in [5.74, 6) is 0.579. The maximum Gasteiger partial charge on any atom is 0.224 e. The Balaban J connectivity index is 2.34. The van der Waals surface area contributed by atoms with E-state index in [2.05, 4.69) is 31.2 Å². The van der Waals surface area contributed by atoms with Gasteiger partial charge in [-0.1, -0.05) is 17.7 Å². The second kappa shape index (κ2) is 5.21. The van der Waals surface area contributed by atoms with Crippen LogP contribution in [0.1, 0.15) is 5.56 Å². The Morgan fingerprint density at radius 1 is 1.29 bits per heavy atom. The molecule has 88 valence electrons. The standard InChI is InChI=1S/C11H8BrCl2N3/c1-6-2-3-9(8(13)4-6)16-10-7(12)5-15-11(14)17-10/h2-5H,1H3,(H,15,16,17). The summed E-state index contributed by atoms with van der Waals surface area (Å²) in [5, 5.41) is 3.90. The van der Waals surface area contributed by atoms with Crippen LogP contribution in [0, 0.1) is 6.92 Å². The first-order valence-corrected chi connectivity index (χ1v) is 6.32. The summed E-state index contributed by atoms with van der Waals surface area (Å²) < 4.78 is 0.721. The zero-order chi connectivity index (χ0) is 12.4. The van der Waals surface area contributed by atoms with Crippen molar-refractivity contribution in [3.8, 4) is 0 Å². The molecule has 0 spiro atoms. The smallest absolute Gasteiger partial charge is 0.224 e. The van der Waals surface area contributed by atoms with Crippen molar-refractivity contribution in [1.29, 1.82) is 0 Å². The van der Waals surface area contributed by atoms with Gasteiger partial charge in [-0.05, 0) is 52.2 Å². The van der Waals surface area contributed by atoms with Gasteiger partial charge < -0.3 is 5.32 Å². The van der Waals surface area contributed by atoms with Gasteiger partial charge in [0.25, 0.3) is 0 Å². The van der Waals surface area contributed by atoms with Crippen molar-refractivity contribution in [1.82, 2.24) is 9.97 Å². The monoisotopic (exact) mass is 331 g/mol. The van der Waals surface area contributed by atoms with Gasteiger partial charge in [0.05, 0.1) is 15.2 Å². The molecule has 0 unspecified atom stereocenters. The molecule has 1 heterocycles. The van der Waals surface area contributed by atoms with Gasteiger partial charge in [0.2, 0.25) is 5.28 Å². The molecule has 1 aromatic heterocycles. The third-order valence-corrected chi connectivity index (χ3v) is 3.17. The number of halogens is 3. The normalized spacial score (nSPS) is 10.4. The van der Waals surface area contributed by atoms with Crippen LogP contribution in [-0.4, -0.2) is 9.97 Å². The first-order chi connectivity index (χ1) is 8.06. The number of rotatable bonds is 2. The molecule has 2 rings (SSSR count). The first-order valence-electron chi connectivity index (χ1n) is 4.77. The molecule has 6 heteroatoms. The lowest BCUT2D eigenvalue weighted by atomic mass is 10.2. The van der Waals surface area contributed by atoms with Gasteiger partial charge in [-0.25, -0.2) is 4.98 Å². The van der Waals surface area contributed by atoms with Crippen LogP contribution in [0.2, 0.25) is 10.3 Å². The highest BCUT2D eigenvalue weighted by molar-refractivity contribution is 9.10. The highest BCUT2D eigenvalue weighted by Crippen LogP contribution is 2.29. The van der Waals surface area contributed by atoms with E-state index >= 15 is 0 Å². The fraction of sp³-hybridized carbons (Fsp3) is 0.0909. The van der Waals surface area contributed by atoms with Crippen molar-refractivity contribution in [3.05, 3.63) is 44.7 Å². The third-order valence-electron chi connectivity index (χ3n) is 2.09. The van der Waals surface area contributed by atoms with E-state index in [4.69, 9.17) is 23.2 Å². The van der Waals surface area contributed by atoms with E-state index in [1.807, 2.05) is 25.1 Å². The molecule has 0 radical (unpaired) electrons. The van der Waals surface area contributed by atoms with E-state index in [0.29, 0.717) is 10.8 Å². The summed E-state index contributed by atoms with van der Waals surface area (Å²) in [6, 6.07) is 5.73. The van der Waals surface area contributed by atoms with Crippen LogP contribution >= 0.6 is 39.1 Å². The molecule has 0 aliphatic heterocycles. The van der Waals surface area contributed by atoms with Crippen LogP contribution in [0.4, 0.5) is 11.5 Å². The van der Waals surface area contributed by atoms with Crippen LogP contribution in [0.5, 0.6) is 0 Å². The first kappa shape index (κ1) is 12.6. The van der Waals surface area contributed by atoms with E-state index in [0.717, 1.165) is 15.7 Å². The van der Waals surface area contributed by atoms with Gasteiger partial charge in [-0.3, -0.25) is 0 Å². The highest BCUT2D eigenvalue weighted by Gasteiger charge is 2.06. The minimum absolute atomic E-state index is 0.180. The lowest BCUT2D eigenvalue weighted by molar-refractivity contribution is 1.15. The van der Waals surface area contributed by atoms with E-state index in [9.17, 15) is 0 Å². The second-order valence-corrected chi connectivity index (χ2v) is 5.04. The molecule has 0 fully saturated rings. The summed E-state index contributed by atoms with van der Waals surface area (Å²) in [4.78, 5) is 7.92. The molecule has 0 amide bonds. The fourth-order valence-corrected chi connectivity index (χ4v) is 1.99. The van der Waals surface area contributed by atoms with Crippen molar-refractivity contribution in [2.24, 2.45) is 0 Å². The van der Waals surface area contributed by atoms with Crippen molar-refractivity contribution in [3.63, 3.8) is 0 Å². The van der Waals surface area contributed by atoms with Crippen LogP contribution < -0.4 is 5.32 Å². The van der Waals surface area contributed by atoms with Crippen LogP contribution in [-0.2, 0) is 0 Å². The van der Waals surface area contributed by atoms with Gasteiger partial charge in [-0.15, -0.1) is 0 Å². The van der Waals surface area contributed by atoms with Crippen molar-refractivity contribution in [2.45, 2.75) is 6.92 Å². The molecule has 0 bridgehead atoms.